The molecule has 1 N–H and O–H groups in total. The summed E-state index contributed by atoms with van der Waals surface area (Å²) in [4.78, 5) is 15.9. The number of carbonyl (C=O) groups excluding carboxylic acids is 1. The van der Waals surface area contributed by atoms with Gasteiger partial charge in [0.15, 0.2) is 5.15 Å². The number of anilines is 1. The zero-order valence-corrected chi connectivity index (χ0v) is 12.3. The Morgan fingerprint density at radius 1 is 1.67 bits per heavy atom. The van der Waals surface area contributed by atoms with E-state index in [9.17, 15) is 4.79 Å². The Kier molecular flexibility index (Phi) is 4.25. The summed E-state index contributed by atoms with van der Waals surface area (Å²) in [7, 11) is 1.65. The Morgan fingerprint density at radius 3 is 2.94 bits per heavy atom. The van der Waals surface area contributed by atoms with E-state index in [1.54, 1.807) is 19.4 Å². The third kappa shape index (κ3) is 3.02. The van der Waals surface area contributed by atoms with Crippen LogP contribution in [-0.4, -0.2) is 23.6 Å². The van der Waals surface area contributed by atoms with Gasteiger partial charge in [-0.15, -0.1) is 0 Å². The highest BCUT2D eigenvalue weighted by molar-refractivity contribution is 9.10. The molecule has 4 nitrogen and oxygen atoms in total. The Labute approximate surface area is 119 Å². The van der Waals surface area contributed by atoms with E-state index in [2.05, 4.69) is 26.2 Å². The number of nitrogens with one attached hydrogen (secondary N) is 1. The monoisotopic (exact) mass is 332 g/mol. The van der Waals surface area contributed by atoms with Crippen molar-refractivity contribution in [2.75, 3.05) is 12.4 Å². The summed E-state index contributed by atoms with van der Waals surface area (Å²) in [6.07, 6.45) is 4.91. The van der Waals surface area contributed by atoms with Gasteiger partial charge in [-0.3, -0.25) is 4.79 Å². The molecule has 1 saturated carbocycles. The molecule has 18 heavy (non-hydrogen) atoms. The van der Waals surface area contributed by atoms with Gasteiger partial charge in [0.25, 0.3) is 0 Å². The van der Waals surface area contributed by atoms with Gasteiger partial charge in [0.1, 0.15) is 0 Å². The summed E-state index contributed by atoms with van der Waals surface area (Å²) in [5.41, 5.74) is 0.234. The molecule has 6 heteroatoms. The second kappa shape index (κ2) is 5.55. The molecule has 0 aromatic carbocycles. The Balaban J connectivity index is 2.00. The molecule has 0 spiro atoms. The quantitative estimate of drug-likeness (QED) is 0.859. The lowest BCUT2D eigenvalue weighted by Gasteiger charge is -2.39. The number of hydrogen-bond donors (Lipinski definition) is 1. The van der Waals surface area contributed by atoms with Crippen LogP contribution >= 0.6 is 27.5 Å². The van der Waals surface area contributed by atoms with E-state index in [0.717, 1.165) is 23.7 Å². The van der Waals surface area contributed by atoms with Crippen LogP contribution in [0.3, 0.4) is 0 Å². The molecular formula is C12H14BrClN2O2. The van der Waals surface area contributed by atoms with Gasteiger partial charge in [-0.25, -0.2) is 4.98 Å². The van der Waals surface area contributed by atoms with Crippen LogP contribution in [-0.2, 0) is 9.53 Å². The van der Waals surface area contributed by atoms with E-state index in [-0.39, 0.29) is 16.7 Å². The maximum Gasteiger partial charge on any atom is 0.227 e. The number of pyridine rings is 1. The lowest BCUT2D eigenvalue weighted by molar-refractivity contribution is -0.129. The number of rotatable bonds is 4. The lowest BCUT2D eigenvalue weighted by Crippen LogP contribution is -2.42. The molecule has 2 rings (SSSR count). The molecule has 0 saturated heterocycles. The highest BCUT2D eigenvalue weighted by atomic mass is 79.9. The van der Waals surface area contributed by atoms with Crippen molar-refractivity contribution in [3.63, 3.8) is 0 Å². The average Bonchev–Trinajstić information content (AvgIpc) is 2.28. The smallest absolute Gasteiger partial charge is 0.227 e. The van der Waals surface area contributed by atoms with Crippen LogP contribution in [0.5, 0.6) is 0 Å². The molecular weight excluding hydrogens is 320 g/mol. The van der Waals surface area contributed by atoms with Crippen LogP contribution in [0, 0.1) is 0 Å². The van der Waals surface area contributed by atoms with Crippen molar-refractivity contribution < 1.29 is 9.53 Å². The van der Waals surface area contributed by atoms with Gasteiger partial charge in [0, 0.05) is 17.8 Å². The molecule has 1 aliphatic rings. The SMILES string of the molecule is COC1(CC(=O)Nc2cc(Br)cnc2Cl)CCC1. The molecule has 1 fully saturated rings. The maximum absolute atomic E-state index is 12.0. The number of hydrogen-bond acceptors (Lipinski definition) is 3. The van der Waals surface area contributed by atoms with Crippen LogP contribution < -0.4 is 5.32 Å². The fraction of sp³-hybridized carbons (Fsp3) is 0.500. The zero-order chi connectivity index (χ0) is 13.2. The topological polar surface area (TPSA) is 51.2 Å². The van der Waals surface area contributed by atoms with Crippen molar-refractivity contribution in [3.8, 4) is 0 Å². The lowest BCUT2D eigenvalue weighted by atomic mass is 9.77. The number of ether oxygens (including phenoxy) is 1. The van der Waals surface area contributed by atoms with Gasteiger partial charge in [-0.1, -0.05) is 11.6 Å². The normalized spacial score (nSPS) is 17.1. The zero-order valence-electron chi connectivity index (χ0n) is 10.0. The highest BCUT2D eigenvalue weighted by Gasteiger charge is 2.39. The van der Waals surface area contributed by atoms with Crippen LogP contribution in [0.2, 0.25) is 5.15 Å². The Hall–Kier alpha value is -0.650. The van der Waals surface area contributed by atoms with Crippen molar-refractivity contribution in [1.29, 1.82) is 0 Å². The van der Waals surface area contributed by atoms with Crippen molar-refractivity contribution >= 4 is 39.1 Å². The summed E-state index contributed by atoms with van der Waals surface area (Å²) < 4.78 is 6.19. The minimum Gasteiger partial charge on any atom is -0.378 e. The van der Waals surface area contributed by atoms with Gasteiger partial charge >= 0.3 is 0 Å². The average molecular weight is 334 g/mol. The van der Waals surface area contributed by atoms with E-state index >= 15 is 0 Å². The van der Waals surface area contributed by atoms with Crippen molar-refractivity contribution in [2.24, 2.45) is 0 Å². The number of carbonyl (C=O) groups is 1. The first-order valence-corrected chi connectivity index (χ1v) is 6.88. The van der Waals surface area contributed by atoms with Crippen molar-refractivity contribution in [3.05, 3.63) is 21.9 Å². The maximum atomic E-state index is 12.0. The van der Waals surface area contributed by atoms with E-state index in [4.69, 9.17) is 16.3 Å². The van der Waals surface area contributed by atoms with Crippen LogP contribution in [0.1, 0.15) is 25.7 Å². The molecule has 0 unspecified atom stereocenters. The number of halogens is 2. The van der Waals surface area contributed by atoms with Crippen molar-refractivity contribution in [1.82, 2.24) is 4.98 Å². The number of aromatic nitrogens is 1. The molecule has 1 aromatic rings. The molecule has 0 atom stereocenters. The summed E-state index contributed by atoms with van der Waals surface area (Å²) >= 11 is 9.20. The molecule has 0 radical (unpaired) electrons. The van der Waals surface area contributed by atoms with Gasteiger partial charge in [0.2, 0.25) is 5.91 Å². The predicted octanol–water partition coefficient (Wildman–Crippen LogP) is 3.40. The summed E-state index contributed by atoms with van der Waals surface area (Å²) in [6.45, 7) is 0. The second-order valence-corrected chi connectivity index (χ2v) is 5.73. The van der Waals surface area contributed by atoms with E-state index < -0.39 is 0 Å². The number of methoxy groups -OCH3 is 1. The highest BCUT2D eigenvalue weighted by Crippen LogP contribution is 2.38. The van der Waals surface area contributed by atoms with Gasteiger partial charge in [-0.05, 0) is 41.3 Å². The van der Waals surface area contributed by atoms with Gasteiger partial charge in [-0.2, -0.15) is 0 Å². The predicted molar refractivity (Wildman–Crippen MR) is 73.8 cm³/mol. The molecule has 98 valence electrons. The fourth-order valence-electron chi connectivity index (χ4n) is 2.02. The molecule has 0 bridgehead atoms. The van der Waals surface area contributed by atoms with Crippen LogP contribution in [0.4, 0.5) is 5.69 Å². The van der Waals surface area contributed by atoms with Crippen LogP contribution in [0.25, 0.3) is 0 Å². The van der Waals surface area contributed by atoms with E-state index in [0.29, 0.717) is 12.1 Å². The third-order valence-corrected chi connectivity index (χ3v) is 4.00. The molecule has 0 aliphatic heterocycles. The molecule has 1 heterocycles. The molecule has 1 amide bonds. The third-order valence-electron chi connectivity index (χ3n) is 3.26. The second-order valence-electron chi connectivity index (χ2n) is 4.46. The minimum absolute atomic E-state index is 0.0987. The largest absolute Gasteiger partial charge is 0.378 e. The standard InChI is InChI=1S/C12H14BrClN2O2/c1-18-12(3-2-4-12)6-10(17)16-9-5-8(13)7-15-11(9)14/h5,7H,2-4,6H2,1H3,(H,16,17). The first kappa shape index (κ1) is 13.8. The van der Waals surface area contributed by atoms with Crippen LogP contribution in [0.15, 0.2) is 16.7 Å². The van der Waals surface area contributed by atoms with Gasteiger partial charge in [0.05, 0.1) is 17.7 Å². The van der Waals surface area contributed by atoms with E-state index in [1.165, 1.54) is 0 Å². The molecule has 1 aromatic heterocycles. The fourth-order valence-corrected chi connectivity index (χ4v) is 2.50. The Morgan fingerprint density at radius 2 is 2.39 bits per heavy atom. The van der Waals surface area contributed by atoms with Gasteiger partial charge < -0.3 is 10.1 Å². The summed E-state index contributed by atoms with van der Waals surface area (Å²) in [5.74, 6) is -0.0987. The van der Waals surface area contributed by atoms with Crippen molar-refractivity contribution in [2.45, 2.75) is 31.3 Å². The first-order chi connectivity index (χ1) is 8.54. The summed E-state index contributed by atoms with van der Waals surface area (Å²) in [6, 6.07) is 1.73. The summed E-state index contributed by atoms with van der Waals surface area (Å²) in [5, 5.41) is 3.05. The Bertz CT molecular complexity index is 458. The minimum atomic E-state index is -0.282. The first-order valence-electron chi connectivity index (χ1n) is 5.71. The van der Waals surface area contributed by atoms with E-state index in [1.807, 2.05) is 0 Å². The number of amides is 1. The molecule has 1 aliphatic carbocycles. The number of nitrogens with zero attached hydrogens (tertiary/aromatic N) is 1.